The summed E-state index contributed by atoms with van der Waals surface area (Å²) in [6, 6.07) is 4.82. The fourth-order valence-electron chi connectivity index (χ4n) is 1.62. The maximum atomic E-state index is 13.9. The SMILES string of the molecule is CC(C)(C)C(N)c1nc(-c2ccc(Br)cc2F)cs1. The van der Waals surface area contributed by atoms with Crippen LogP contribution in [0.15, 0.2) is 28.1 Å². The summed E-state index contributed by atoms with van der Waals surface area (Å²) in [6.45, 7) is 6.21. The summed E-state index contributed by atoms with van der Waals surface area (Å²) in [5.41, 5.74) is 7.26. The molecule has 102 valence electrons. The van der Waals surface area contributed by atoms with Crippen LogP contribution in [-0.2, 0) is 0 Å². The topological polar surface area (TPSA) is 38.9 Å². The van der Waals surface area contributed by atoms with Crippen molar-refractivity contribution in [2.24, 2.45) is 11.1 Å². The van der Waals surface area contributed by atoms with Gasteiger partial charge in [0.25, 0.3) is 0 Å². The fourth-order valence-corrected chi connectivity index (χ4v) is 3.02. The molecule has 0 amide bonds. The molecule has 0 aliphatic rings. The molecule has 5 heteroatoms. The van der Waals surface area contributed by atoms with Gasteiger partial charge in [0.2, 0.25) is 0 Å². The largest absolute Gasteiger partial charge is 0.322 e. The standard InChI is InChI=1S/C14H16BrFN2S/c1-14(2,3)12(17)13-18-11(7-19-13)9-5-4-8(15)6-10(9)16/h4-7,12H,17H2,1-3H3. The van der Waals surface area contributed by atoms with E-state index in [4.69, 9.17) is 5.73 Å². The van der Waals surface area contributed by atoms with Crippen molar-refractivity contribution in [2.75, 3.05) is 0 Å². The average molecular weight is 343 g/mol. The van der Waals surface area contributed by atoms with Gasteiger partial charge in [0.15, 0.2) is 0 Å². The van der Waals surface area contributed by atoms with Crippen LogP contribution in [0.25, 0.3) is 11.3 Å². The highest BCUT2D eigenvalue weighted by Gasteiger charge is 2.25. The van der Waals surface area contributed by atoms with Crippen molar-refractivity contribution in [1.29, 1.82) is 0 Å². The van der Waals surface area contributed by atoms with E-state index in [1.807, 2.05) is 5.38 Å². The van der Waals surface area contributed by atoms with Gasteiger partial charge in [-0.1, -0.05) is 36.7 Å². The van der Waals surface area contributed by atoms with Crippen LogP contribution >= 0.6 is 27.3 Å². The van der Waals surface area contributed by atoms with Crippen LogP contribution < -0.4 is 5.73 Å². The van der Waals surface area contributed by atoms with Crippen molar-refractivity contribution in [3.05, 3.63) is 38.9 Å². The van der Waals surface area contributed by atoms with Crippen LogP contribution in [0.1, 0.15) is 31.8 Å². The summed E-state index contributed by atoms with van der Waals surface area (Å²) in [5, 5.41) is 2.69. The molecule has 2 aromatic rings. The van der Waals surface area contributed by atoms with E-state index < -0.39 is 0 Å². The number of halogens is 2. The van der Waals surface area contributed by atoms with Gasteiger partial charge in [0.1, 0.15) is 10.8 Å². The molecular weight excluding hydrogens is 327 g/mol. The van der Waals surface area contributed by atoms with E-state index >= 15 is 0 Å². The first kappa shape index (κ1) is 14.6. The summed E-state index contributed by atoms with van der Waals surface area (Å²) in [7, 11) is 0. The number of thiazole rings is 1. The van der Waals surface area contributed by atoms with Gasteiger partial charge in [-0.25, -0.2) is 9.37 Å². The zero-order valence-corrected chi connectivity index (χ0v) is 13.5. The number of aromatic nitrogens is 1. The Morgan fingerprint density at radius 1 is 1.37 bits per heavy atom. The molecule has 0 fully saturated rings. The number of hydrogen-bond acceptors (Lipinski definition) is 3. The number of hydrogen-bond donors (Lipinski definition) is 1. The lowest BCUT2D eigenvalue weighted by Crippen LogP contribution is -2.26. The second-order valence-corrected chi connectivity index (χ2v) is 7.34. The number of nitrogens with two attached hydrogens (primary N) is 1. The molecule has 1 heterocycles. The Hall–Kier alpha value is -0.780. The van der Waals surface area contributed by atoms with Crippen LogP contribution in [0.2, 0.25) is 0 Å². The first-order valence-electron chi connectivity index (χ1n) is 5.95. The third-order valence-electron chi connectivity index (χ3n) is 2.93. The lowest BCUT2D eigenvalue weighted by molar-refractivity contribution is 0.326. The quantitative estimate of drug-likeness (QED) is 0.854. The zero-order valence-electron chi connectivity index (χ0n) is 11.1. The maximum absolute atomic E-state index is 13.9. The molecule has 1 aromatic heterocycles. The molecule has 2 nitrogen and oxygen atoms in total. The molecular formula is C14H16BrFN2S. The Bertz CT molecular complexity index is 589. The monoisotopic (exact) mass is 342 g/mol. The average Bonchev–Trinajstić information content (AvgIpc) is 2.75. The van der Waals surface area contributed by atoms with Gasteiger partial charge in [-0.2, -0.15) is 0 Å². The smallest absolute Gasteiger partial charge is 0.133 e. The highest BCUT2D eigenvalue weighted by Crippen LogP contribution is 2.34. The summed E-state index contributed by atoms with van der Waals surface area (Å²) < 4.78 is 14.6. The molecule has 1 aromatic carbocycles. The highest BCUT2D eigenvalue weighted by molar-refractivity contribution is 9.10. The van der Waals surface area contributed by atoms with Crippen LogP contribution in [-0.4, -0.2) is 4.98 Å². The fraction of sp³-hybridized carbons (Fsp3) is 0.357. The second kappa shape index (κ2) is 5.31. The number of nitrogens with zero attached hydrogens (tertiary/aromatic N) is 1. The molecule has 0 saturated heterocycles. The van der Waals surface area contributed by atoms with Gasteiger partial charge >= 0.3 is 0 Å². The van der Waals surface area contributed by atoms with Gasteiger partial charge in [-0.15, -0.1) is 11.3 Å². The molecule has 19 heavy (non-hydrogen) atoms. The third kappa shape index (κ3) is 3.22. The molecule has 0 radical (unpaired) electrons. The van der Waals surface area contributed by atoms with E-state index in [1.54, 1.807) is 12.1 Å². The molecule has 0 bridgehead atoms. The lowest BCUT2D eigenvalue weighted by Gasteiger charge is -2.24. The third-order valence-corrected chi connectivity index (χ3v) is 4.35. The van der Waals surface area contributed by atoms with Gasteiger partial charge in [-0.05, 0) is 23.6 Å². The normalized spacial score (nSPS) is 13.6. The first-order chi connectivity index (χ1) is 8.79. The highest BCUT2D eigenvalue weighted by atomic mass is 79.9. The van der Waals surface area contributed by atoms with Crippen molar-refractivity contribution >= 4 is 27.3 Å². The predicted molar refractivity (Wildman–Crippen MR) is 81.6 cm³/mol. The van der Waals surface area contributed by atoms with Crippen molar-refractivity contribution in [1.82, 2.24) is 4.98 Å². The van der Waals surface area contributed by atoms with Gasteiger partial charge in [0, 0.05) is 15.4 Å². The summed E-state index contributed by atoms with van der Waals surface area (Å²) >= 11 is 4.72. The molecule has 2 N–H and O–H groups in total. The van der Waals surface area contributed by atoms with E-state index in [2.05, 4.69) is 41.7 Å². The van der Waals surface area contributed by atoms with E-state index in [0.717, 1.165) is 9.48 Å². The van der Waals surface area contributed by atoms with E-state index in [9.17, 15) is 4.39 Å². The van der Waals surface area contributed by atoms with E-state index in [1.165, 1.54) is 17.4 Å². The first-order valence-corrected chi connectivity index (χ1v) is 7.63. The minimum atomic E-state index is -0.282. The summed E-state index contributed by atoms with van der Waals surface area (Å²) in [6.07, 6.45) is 0. The Balaban J connectivity index is 2.36. The second-order valence-electron chi connectivity index (χ2n) is 5.54. The minimum absolute atomic E-state index is 0.0621. The molecule has 0 aliphatic heterocycles. The molecule has 0 aliphatic carbocycles. The molecule has 0 saturated carbocycles. The lowest BCUT2D eigenvalue weighted by atomic mass is 9.88. The van der Waals surface area contributed by atoms with Gasteiger partial charge < -0.3 is 5.73 Å². The van der Waals surface area contributed by atoms with Crippen molar-refractivity contribution in [3.8, 4) is 11.3 Å². The molecule has 0 spiro atoms. The van der Waals surface area contributed by atoms with Gasteiger partial charge in [0.05, 0.1) is 11.7 Å². The summed E-state index contributed by atoms with van der Waals surface area (Å²) in [4.78, 5) is 4.48. The predicted octanol–water partition coefficient (Wildman–Crippen LogP) is 4.76. The minimum Gasteiger partial charge on any atom is -0.322 e. The zero-order chi connectivity index (χ0) is 14.2. The van der Waals surface area contributed by atoms with Crippen LogP contribution in [0.5, 0.6) is 0 Å². The van der Waals surface area contributed by atoms with E-state index in [-0.39, 0.29) is 17.3 Å². The van der Waals surface area contributed by atoms with Crippen LogP contribution in [0.4, 0.5) is 4.39 Å². The Kier molecular flexibility index (Phi) is 4.08. The molecule has 1 atom stereocenters. The van der Waals surface area contributed by atoms with Crippen molar-refractivity contribution in [2.45, 2.75) is 26.8 Å². The van der Waals surface area contributed by atoms with Crippen LogP contribution in [0, 0.1) is 11.2 Å². The Morgan fingerprint density at radius 3 is 2.63 bits per heavy atom. The molecule has 2 rings (SSSR count). The van der Waals surface area contributed by atoms with Crippen molar-refractivity contribution in [3.63, 3.8) is 0 Å². The van der Waals surface area contributed by atoms with E-state index in [0.29, 0.717) is 11.3 Å². The number of rotatable bonds is 2. The molecule has 1 unspecified atom stereocenters. The number of benzene rings is 1. The summed E-state index contributed by atoms with van der Waals surface area (Å²) in [5.74, 6) is -0.282. The Labute approximate surface area is 125 Å². The van der Waals surface area contributed by atoms with Crippen LogP contribution in [0.3, 0.4) is 0 Å². The van der Waals surface area contributed by atoms with Gasteiger partial charge in [-0.3, -0.25) is 0 Å². The Morgan fingerprint density at radius 2 is 2.05 bits per heavy atom. The maximum Gasteiger partial charge on any atom is 0.133 e. The van der Waals surface area contributed by atoms with Crippen molar-refractivity contribution < 1.29 is 4.39 Å².